The molecule has 1 heterocycles. The van der Waals surface area contributed by atoms with Gasteiger partial charge in [0.25, 0.3) is 0 Å². The molecule has 0 radical (unpaired) electrons. The van der Waals surface area contributed by atoms with Gasteiger partial charge in [-0.2, -0.15) is 0 Å². The summed E-state index contributed by atoms with van der Waals surface area (Å²) in [5.74, 6) is 0.888. The molecule has 16 heavy (non-hydrogen) atoms. The van der Waals surface area contributed by atoms with E-state index < -0.39 is 0 Å². The van der Waals surface area contributed by atoms with Crippen molar-refractivity contribution in [2.24, 2.45) is 0 Å². The van der Waals surface area contributed by atoms with E-state index in [1.165, 1.54) is 5.56 Å². The second-order valence-corrected chi connectivity index (χ2v) is 4.23. The van der Waals surface area contributed by atoms with Gasteiger partial charge in [-0.25, -0.2) is 0 Å². The van der Waals surface area contributed by atoms with Crippen LogP contribution in [-0.4, -0.2) is 26.3 Å². The zero-order chi connectivity index (χ0) is 11.4. The van der Waals surface area contributed by atoms with Crippen LogP contribution in [-0.2, 0) is 4.74 Å². The molecule has 0 spiro atoms. The molecule has 0 aromatic heterocycles. The van der Waals surface area contributed by atoms with E-state index in [2.05, 4.69) is 24.4 Å². The lowest BCUT2D eigenvalue weighted by molar-refractivity contribution is 0.0664. The summed E-state index contributed by atoms with van der Waals surface area (Å²) in [5, 5.41) is 3.47. The molecule has 1 saturated heterocycles. The Labute approximate surface area is 96.8 Å². The van der Waals surface area contributed by atoms with Crippen LogP contribution in [0, 0.1) is 0 Å². The van der Waals surface area contributed by atoms with Crippen LogP contribution in [0.2, 0.25) is 0 Å². The fourth-order valence-corrected chi connectivity index (χ4v) is 1.89. The lowest BCUT2D eigenvalue weighted by Crippen LogP contribution is -2.27. The van der Waals surface area contributed by atoms with Crippen molar-refractivity contribution in [3.8, 4) is 5.75 Å². The van der Waals surface area contributed by atoms with Crippen molar-refractivity contribution in [2.75, 3.05) is 20.3 Å². The number of rotatable bonds is 2. The molecule has 3 nitrogen and oxygen atoms in total. The second-order valence-electron chi connectivity index (χ2n) is 4.23. The molecule has 0 bridgehead atoms. The number of benzene rings is 1. The first-order valence-electron chi connectivity index (χ1n) is 5.78. The van der Waals surface area contributed by atoms with E-state index in [0.29, 0.717) is 6.04 Å². The van der Waals surface area contributed by atoms with Gasteiger partial charge >= 0.3 is 0 Å². The number of methoxy groups -OCH3 is 1. The van der Waals surface area contributed by atoms with Crippen molar-refractivity contribution in [2.45, 2.75) is 25.5 Å². The topological polar surface area (TPSA) is 30.5 Å². The molecule has 0 amide bonds. The number of ether oxygens (including phenoxy) is 2. The van der Waals surface area contributed by atoms with Crippen molar-refractivity contribution < 1.29 is 9.47 Å². The minimum absolute atomic E-state index is 0.163. The van der Waals surface area contributed by atoms with E-state index in [1.807, 2.05) is 12.1 Å². The van der Waals surface area contributed by atoms with Gasteiger partial charge in [0.05, 0.1) is 13.2 Å². The smallest absolute Gasteiger partial charge is 0.118 e. The zero-order valence-electron chi connectivity index (χ0n) is 9.90. The molecule has 1 N–H and O–H groups in total. The van der Waals surface area contributed by atoms with Gasteiger partial charge in [-0.3, -0.25) is 0 Å². The molecule has 1 aromatic carbocycles. The van der Waals surface area contributed by atoms with Crippen LogP contribution in [0.4, 0.5) is 0 Å². The molecule has 2 unspecified atom stereocenters. The zero-order valence-corrected chi connectivity index (χ0v) is 9.90. The first-order valence-corrected chi connectivity index (χ1v) is 5.78. The summed E-state index contributed by atoms with van der Waals surface area (Å²) in [6, 6.07) is 8.64. The Morgan fingerprint density at radius 2 is 2.06 bits per heavy atom. The first kappa shape index (κ1) is 11.4. The molecule has 1 aromatic rings. The molecule has 2 rings (SSSR count). The second kappa shape index (κ2) is 5.32. The van der Waals surface area contributed by atoms with Crippen molar-refractivity contribution in [1.29, 1.82) is 0 Å². The lowest BCUT2D eigenvalue weighted by atomic mass is 10.1. The molecule has 1 aliphatic heterocycles. The van der Waals surface area contributed by atoms with E-state index in [0.717, 1.165) is 25.3 Å². The highest BCUT2D eigenvalue weighted by atomic mass is 16.5. The Morgan fingerprint density at radius 1 is 1.31 bits per heavy atom. The third kappa shape index (κ3) is 2.74. The summed E-state index contributed by atoms with van der Waals surface area (Å²) in [6.07, 6.45) is 1.24. The Hall–Kier alpha value is -1.06. The molecule has 88 valence electrons. The SMILES string of the molecule is COc1ccc(C2CNC(C)CCO2)cc1. The summed E-state index contributed by atoms with van der Waals surface area (Å²) in [6.45, 7) is 3.90. The third-order valence-corrected chi connectivity index (χ3v) is 3.01. The summed E-state index contributed by atoms with van der Waals surface area (Å²) < 4.78 is 11.0. The standard InChI is InChI=1S/C13H19NO2/c1-10-7-8-16-13(9-14-10)11-3-5-12(15-2)6-4-11/h3-6,10,13-14H,7-9H2,1-2H3. The van der Waals surface area contributed by atoms with Crippen LogP contribution < -0.4 is 10.1 Å². The summed E-state index contributed by atoms with van der Waals surface area (Å²) >= 11 is 0. The Kier molecular flexibility index (Phi) is 3.80. The molecule has 2 atom stereocenters. The highest BCUT2D eigenvalue weighted by Gasteiger charge is 2.17. The summed E-state index contributed by atoms with van der Waals surface area (Å²) in [7, 11) is 1.68. The number of hydrogen-bond donors (Lipinski definition) is 1. The van der Waals surface area contributed by atoms with Crippen LogP contribution in [0.15, 0.2) is 24.3 Å². The van der Waals surface area contributed by atoms with Gasteiger partial charge in [0, 0.05) is 19.2 Å². The fourth-order valence-electron chi connectivity index (χ4n) is 1.89. The van der Waals surface area contributed by atoms with E-state index in [-0.39, 0.29) is 6.10 Å². The lowest BCUT2D eigenvalue weighted by Gasteiger charge is -2.16. The molecular weight excluding hydrogens is 202 g/mol. The van der Waals surface area contributed by atoms with Crippen LogP contribution in [0.1, 0.15) is 25.0 Å². The van der Waals surface area contributed by atoms with E-state index in [4.69, 9.17) is 9.47 Å². The Morgan fingerprint density at radius 3 is 2.75 bits per heavy atom. The third-order valence-electron chi connectivity index (χ3n) is 3.01. The van der Waals surface area contributed by atoms with Crippen LogP contribution >= 0.6 is 0 Å². The van der Waals surface area contributed by atoms with Crippen molar-refractivity contribution >= 4 is 0 Å². The van der Waals surface area contributed by atoms with E-state index in [9.17, 15) is 0 Å². The number of hydrogen-bond acceptors (Lipinski definition) is 3. The molecule has 1 aliphatic rings. The summed E-state index contributed by atoms with van der Waals surface area (Å²) in [5.41, 5.74) is 1.21. The Bertz CT molecular complexity index is 323. The average molecular weight is 221 g/mol. The van der Waals surface area contributed by atoms with Gasteiger partial charge in [0.1, 0.15) is 5.75 Å². The number of nitrogens with one attached hydrogen (secondary N) is 1. The summed E-state index contributed by atoms with van der Waals surface area (Å²) in [4.78, 5) is 0. The maximum atomic E-state index is 5.83. The molecule has 1 fully saturated rings. The fraction of sp³-hybridized carbons (Fsp3) is 0.538. The molecular formula is C13H19NO2. The molecule has 0 aliphatic carbocycles. The highest BCUT2D eigenvalue weighted by Crippen LogP contribution is 2.22. The first-order chi connectivity index (χ1) is 7.79. The van der Waals surface area contributed by atoms with Gasteiger partial charge in [0.15, 0.2) is 0 Å². The van der Waals surface area contributed by atoms with Crippen LogP contribution in [0.3, 0.4) is 0 Å². The minimum Gasteiger partial charge on any atom is -0.497 e. The monoisotopic (exact) mass is 221 g/mol. The van der Waals surface area contributed by atoms with E-state index in [1.54, 1.807) is 7.11 Å². The molecule has 0 saturated carbocycles. The predicted molar refractivity (Wildman–Crippen MR) is 63.8 cm³/mol. The predicted octanol–water partition coefficient (Wildman–Crippen LogP) is 2.13. The largest absolute Gasteiger partial charge is 0.497 e. The van der Waals surface area contributed by atoms with Crippen LogP contribution in [0.25, 0.3) is 0 Å². The molecule has 3 heteroatoms. The highest BCUT2D eigenvalue weighted by molar-refractivity contribution is 5.28. The van der Waals surface area contributed by atoms with Gasteiger partial charge < -0.3 is 14.8 Å². The maximum absolute atomic E-state index is 5.83. The van der Waals surface area contributed by atoms with Crippen LogP contribution in [0.5, 0.6) is 5.75 Å². The normalized spacial score (nSPS) is 26.1. The Balaban J connectivity index is 2.04. The van der Waals surface area contributed by atoms with Gasteiger partial charge in [-0.15, -0.1) is 0 Å². The van der Waals surface area contributed by atoms with Crippen molar-refractivity contribution in [3.05, 3.63) is 29.8 Å². The van der Waals surface area contributed by atoms with Gasteiger partial charge in [-0.1, -0.05) is 12.1 Å². The van der Waals surface area contributed by atoms with E-state index >= 15 is 0 Å². The quantitative estimate of drug-likeness (QED) is 0.830. The van der Waals surface area contributed by atoms with Crippen molar-refractivity contribution in [1.82, 2.24) is 5.32 Å². The minimum atomic E-state index is 0.163. The van der Waals surface area contributed by atoms with Gasteiger partial charge in [0.2, 0.25) is 0 Å². The van der Waals surface area contributed by atoms with Crippen molar-refractivity contribution in [3.63, 3.8) is 0 Å². The maximum Gasteiger partial charge on any atom is 0.118 e. The van der Waals surface area contributed by atoms with Gasteiger partial charge in [-0.05, 0) is 31.0 Å². The average Bonchev–Trinajstić information content (AvgIpc) is 2.54.